The van der Waals surface area contributed by atoms with Crippen LogP contribution in [0, 0.1) is 5.92 Å². The number of carbonyl (C=O) groups is 1. The predicted molar refractivity (Wildman–Crippen MR) is 143 cm³/mol. The van der Waals surface area contributed by atoms with Gasteiger partial charge in [0.25, 0.3) is 5.91 Å². The summed E-state index contributed by atoms with van der Waals surface area (Å²) in [4.78, 5) is 15.4. The predicted octanol–water partition coefficient (Wildman–Crippen LogP) is 6.12. The van der Waals surface area contributed by atoms with Crippen LogP contribution in [-0.2, 0) is 20.1 Å². The van der Waals surface area contributed by atoms with E-state index in [1.54, 1.807) is 11.2 Å². The van der Waals surface area contributed by atoms with Crippen molar-refractivity contribution in [1.82, 2.24) is 20.1 Å². The number of fused-ring (bicyclic) bond motifs is 1. The summed E-state index contributed by atoms with van der Waals surface area (Å²) >= 11 is 12.8. The van der Waals surface area contributed by atoms with Crippen molar-refractivity contribution < 1.29 is 4.79 Å². The van der Waals surface area contributed by atoms with Crippen LogP contribution in [0.2, 0.25) is 10.0 Å². The number of anilines is 1. The fourth-order valence-corrected chi connectivity index (χ4v) is 5.22. The summed E-state index contributed by atoms with van der Waals surface area (Å²) in [5.41, 5.74) is 6.32. The number of rotatable bonds is 7. The van der Waals surface area contributed by atoms with Gasteiger partial charge in [0, 0.05) is 40.5 Å². The molecule has 2 aliphatic rings. The summed E-state index contributed by atoms with van der Waals surface area (Å²) in [5.74, 6) is 1.49. The third-order valence-electron chi connectivity index (χ3n) is 6.87. The van der Waals surface area contributed by atoms with E-state index in [1.165, 1.54) is 12.8 Å². The fourth-order valence-electron chi connectivity index (χ4n) is 4.79. The van der Waals surface area contributed by atoms with Gasteiger partial charge in [-0.2, -0.15) is 0 Å². The van der Waals surface area contributed by atoms with Crippen molar-refractivity contribution in [3.8, 4) is 22.5 Å². The van der Waals surface area contributed by atoms with E-state index < -0.39 is 0 Å². The minimum atomic E-state index is -0.0276. The molecule has 1 N–H and O–H groups in total. The summed E-state index contributed by atoms with van der Waals surface area (Å²) in [7, 11) is 1.89. The average Bonchev–Trinajstić information content (AvgIpc) is 3.49. The van der Waals surface area contributed by atoms with Gasteiger partial charge < -0.3 is 14.8 Å². The van der Waals surface area contributed by atoms with Gasteiger partial charge in [-0.15, -0.1) is 10.2 Å². The number of benzene rings is 3. The Balaban J connectivity index is 1.30. The minimum Gasteiger partial charge on any atom is -0.317 e. The topological polar surface area (TPSA) is 63.1 Å². The third-order valence-corrected chi connectivity index (χ3v) is 7.33. The van der Waals surface area contributed by atoms with Crippen LogP contribution in [0.3, 0.4) is 0 Å². The standard InChI is InChI=1S/C28H25Cl2N5O/c1-34-16-32-33-27(34)26-12-21(29)6-7-24(26)19-4-5-20-15-35(28(36)25(20)10-19)23-9-18(8-22(30)11-23)14-31-13-17-2-3-17/h4-12,16-17,31H,2-3,13-15H2,1H3. The molecule has 0 spiro atoms. The van der Waals surface area contributed by atoms with Gasteiger partial charge in [-0.25, -0.2) is 0 Å². The van der Waals surface area contributed by atoms with Gasteiger partial charge in [-0.3, -0.25) is 4.79 Å². The van der Waals surface area contributed by atoms with Crippen LogP contribution >= 0.6 is 23.2 Å². The molecular weight excluding hydrogens is 493 g/mol. The second-order valence-corrected chi connectivity index (χ2v) is 10.5. The summed E-state index contributed by atoms with van der Waals surface area (Å²) in [6.07, 6.45) is 4.28. The number of hydrogen-bond acceptors (Lipinski definition) is 4. The number of halogens is 2. The zero-order valence-electron chi connectivity index (χ0n) is 19.8. The van der Waals surface area contributed by atoms with Crippen molar-refractivity contribution in [1.29, 1.82) is 0 Å². The maximum absolute atomic E-state index is 13.6. The second kappa shape index (κ2) is 9.36. The van der Waals surface area contributed by atoms with E-state index in [2.05, 4.69) is 21.6 Å². The van der Waals surface area contributed by atoms with Crippen molar-refractivity contribution in [3.05, 3.63) is 87.7 Å². The zero-order chi connectivity index (χ0) is 24.8. The third kappa shape index (κ3) is 4.52. The second-order valence-electron chi connectivity index (χ2n) is 9.61. The zero-order valence-corrected chi connectivity index (χ0v) is 21.4. The first-order chi connectivity index (χ1) is 17.5. The van der Waals surface area contributed by atoms with Crippen LogP contribution < -0.4 is 10.2 Å². The molecule has 0 radical (unpaired) electrons. The molecule has 4 aromatic rings. The molecule has 1 aromatic heterocycles. The molecule has 1 aliphatic carbocycles. The van der Waals surface area contributed by atoms with E-state index in [0.29, 0.717) is 28.0 Å². The van der Waals surface area contributed by atoms with Crippen LogP contribution in [0.4, 0.5) is 5.69 Å². The van der Waals surface area contributed by atoms with Crippen LogP contribution in [0.1, 0.15) is 34.3 Å². The highest BCUT2D eigenvalue weighted by Gasteiger charge is 2.30. The first-order valence-electron chi connectivity index (χ1n) is 12.1. The molecule has 1 fully saturated rings. The van der Waals surface area contributed by atoms with E-state index in [-0.39, 0.29) is 5.91 Å². The number of amides is 1. The average molecular weight is 518 g/mol. The van der Waals surface area contributed by atoms with E-state index in [4.69, 9.17) is 23.2 Å². The van der Waals surface area contributed by atoms with Gasteiger partial charge >= 0.3 is 0 Å². The molecule has 6 nitrogen and oxygen atoms in total. The Hall–Kier alpha value is -3.19. The summed E-state index contributed by atoms with van der Waals surface area (Å²) in [6.45, 7) is 2.28. The Morgan fingerprint density at radius 1 is 0.972 bits per heavy atom. The fraction of sp³-hybridized carbons (Fsp3) is 0.250. The van der Waals surface area contributed by atoms with Crippen molar-refractivity contribution in [2.24, 2.45) is 13.0 Å². The van der Waals surface area contributed by atoms with Gasteiger partial charge in [0.15, 0.2) is 5.82 Å². The lowest BCUT2D eigenvalue weighted by Crippen LogP contribution is -2.23. The summed E-state index contributed by atoms with van der Waals surface area (Å²) < 4.78 is 1.85. The first-order valence-corrected chi connectivity index (χ1v) is 12.8. The maximum Gasteiger partial charge on any atom is 0.258 e. The Kier molecular flexibility index (Phi) is 6.04. The largest absolute Gasteiger partial charge is 0.317 e. The highest BCUT2D eigenvalue weighted by atomic mass is 35.5. The molecule has 0 bridgehead atoms. The maximum atomic E-state index is 13.6. The Labute approximate surface area is 219 Å². The molecule has 1 amide bonds. The van der Waals surface area contributed by atoms with Crippen molar-refractivity contribution >= 4 is 34.8 Å². The normalized spacial score (nSPS) is 15.0. The van der Waals surface area contributed by atoms with Gasteiger partial charge in [-0.05, 0) is 84.0 Å². The van der Waals surface area contributed by atoms with Gasteiger partial charge in [0.1, 0.15) is 6.33 Å². The van der Waals surface area contributed by atoms with Crippen LogP contribution in [0.15, 0.2) is 60.9 Å². The Bertz CT molecular complexity index is 1480. The van der Waals surface area contributed by atoms with E-state index in [9.17, 15) is 4.79 Å². The number of nitrogens with one attached hydrogen (secondary N) is 1. The molecule has 0 saturated heterocycles. The number of aromatic nitrogens is 3. The molecule has 36 heavy (non-hydrogen) atoms. The van der Waals surface area contributed by atoms with Gasteiger partial charge in [0.05, 0.1) is 6.54 Å². The number of aryl methyl sites for hydroxylation is 1. The van der Waals surface area contributed by atoms with Crippen LogP contribution in [0.5, 0.6) is 0 Å². The van der Waals surface area contributed by atoms with Crippen LogP contribution in [-0.4, -0.2) is 27.2 Å². The Morgan fingerprint density at radius 2 is 1.83 bits per heavy atom. The molecule has 1 saturated carbocycles. The number of nitrogens with zero attached hydrogens (tertiary/aromatic N) is 4. The highest BCUT2D eigenvalue weighted by Crippen LogP contribution is 2.37. The van der Waals surface area contributed by atoms with Gasteiger partial charge in [-0.1, -0.05) is 41.4 Å². The molecule has 3 aromatic carbocycles. The smallest absolute Gasteiger partial charge is 0.258 e. The Morgan fingerprint density at radius 3 is 2.61 bits per heavy atom. The quantitative estimate of drug-likeness (QED) is 0.321. The first kappa shape index (κ1) is 23.2. The molecule has 1 aliphatic heterocycles. The molecule has 6 rings (SSSR count). The SMILES string of the molecule is Cn1cnnc1-c1cc(Cl)ccc1-c1ccc2c(c1)C(=O)N(c1cc(Cl)cc(CNCC3CC3)c1)C2. The molecule has 0 unspecified atom stereocenters. The van der Waals surface area contributed by atoms with Crippen molar-refractivity contribution in [2.75, 3.05) is 11.4 Å². The number of hydrogen-bond donors (Lipinski definition) is 1. The van der Waals surface area contributed by atoms with E-state index in [0.717, 1.165) is 52.5 Å². The van der Waals surface area contributed by atoms with E-state index >= 15 is 0 Å². The lowest BCUT2D eigenvalue weighted by Gasteiger charge is -2.17. The molecule has 2 heterocycles. The minimum absolute atomic E-state index is 0.0276. The van der Waals surface area contributed by atoms with Crippen molar-refractivity contribution in [2.45, 2.75) is 25.9 Å². The number of carbonyl (C=O) groups excluding carboxylic acids is 1. The monoisotopic (exact) mass is 517 g/mol. The summed E-state index contributed by atoms with van der Waals surface area (Å²) in [5, 5.41) is 13.0. The molecular formula is C28H25Cl2N5O. The molecule has 8 heteroatoms. The lowest BCUT2D eigenvalue weighted by molar-refractivity contribution is 0.0996. The lowest BCUT2D eigenvalue weighted by atomic mass is 9.96. The summed E-state index contributed by atoms with van der Waals surface area (Å²) in [6, 6.07) is 17.6. The van der Waals surface area contributed by atoms with Crippen molar-refractivity contribution in [3.63, 3.8) is 0 Å². The van der Waals surface area contributed by atoms with Gasteiger partial charge in [0.2, 0.25) is 0 Å². The van der Waals surface area contributed by atoms with Crippen LogP contribution in [0.25, 0.3) is 22.5 Å². The molecule has 182 valence electrons. The molecule has 0 atom stereocenters. The van der Waals surface area contributed by atoms with E-state index in [1.807, 2.05) is 60.1 Å². The highest BCUT2D eigenvalue weighted by molar-refractivity contribution is 6.31.